The van der Waals surface area contributed by atoms with E-state index in [1.165, 1.54) is 18.2 Å². The number of benzene rings is 2. The van der Waals surface area contributed by atoms with Crippen molar-refractivity contribution < 1.29 is 17.7 Å². The van der Waals surface area contributed by atoms with Crippen LogP contribution >= 0.6 is 12.2 Å². The molecular formula is C21H22N4O4S2. The van der Waals surface area contributed by atoms with E-state index >= 15 is 0 Å². The minimum absolute atomic E-state index is 0.0406. The van der Waals surface area contributed by atoms with E-state index in [2.05, 4.69) is 34.4 Å². The van der Waals surface area contributed by atoms with Crippen LogP contribution in [-0.2, 0) is 10.0 Å². The smallest absolute Gasteiger partial charge is 0.263 e. The van der Waals surface area contributed by atoms with Crippen molar-refractivity contribution >= 4 is 44.8 Å². The third-order valence-corrected chi connectivity index (χ3v) is 5.93. The minimum atomic E-state index is -3.81. The van der Waals surface area contributed by atoms with Crippen LogP contribution in [0.5, 0.6) is 0 Å². The van der Waals surface area contributed by atoms with E-state index in [1.54, 1.807) is 31.2 Å². The van der Waals surface area contributed by atoms with Gasteiger partial charge in [0, 0.05) is 17.3 Å². The van der Waals surface area contributed by atoms with Crippen LogP contribution in [0.1, 0.15) is 41.4 Å². The van der Waals surface area contributed by atoms with Gasteiger partial charge in [-0.3, -0.25) is 14.8 Å². The SMILES string of the molecule is Cc1cc(NS(=O)(=O)c2ccc(NC(=S)NC(=O)c3ccc(C(C)C)cc3)cc2)no1. The molecule has 10 heteroatoms. The van der Waals surface area contributed by atoms with Crippen LogP contribution < -0.4 is 15.4 Å². The van der Waals surface area contributed by atoms with E-state index in [0.29, 0.717) is 22.9 Å². The second-order valence-electron chi connectivity index (χ2n) is 7.14. The zero-order valence-corrected chi connectivity index (χ0v) is 18.8. The van der Waals surface area contributed by atoms with Gasteiger partial charge in [-0.25, -0.2) is 8.42 Å². The number of hydrogen-bond acceptors (Lipinski definition) is 6. The van der Waals surface area contributed by atoms with Gasteiger partial charge in [-0.15, -0.1) is 0 Å². The molecule has 0 atom stereocenters. The number of carbonyl (C=O) groups excluding carboxylic acids is 1. The maximum atomic E-state index is 12.4. The van der Waals surface area contributed by atoms with Crippen LogP contribution in [0.4, 0.5) is 11.5 Å². The predicted molar refractivity (Wildman–Crippen MR) is 123 cm³/mol. The Labute approximate surface area is 186 Å². The third kappa shape index (κ3) is 5.89. The molecule has 3 rings (SSSR count). The fraction of sp³-hybridized carbons (Fsp3) is 0.190. The predicted octanol–water partition coefficient (Wildman–Crippen LogP) is 4.03. The molecule has 0 saturated carbocycles. The second kappa shape index (κ2) is 9.27. The molecule has 2 aromatic carbocycles. The zero-order chi connectivity index (χ0) is 22.6. The van der Waals surface area contributed by atoms with E-state index < -0.39 is 10.0 Å². The van der Waals surface area contributed by atoms with Crippen molar-refractivity contribution in [3.63, 3.8) is 0 Å². The molecule has 0 radical (unpaired) electrons. The normalized spacial score (nSPS) is 11.2. The molecule has 0 spiro atoms. The van der Waals surface area contributed by atoms with Gasteiger partial charge in [0.2, 0.25) is 0 Å². The number of anilines is 2. The van der Waals surface area contributed by atoms with Crippen LogP contribution in [0.25, 0.3) is 0 Å². The lowest BCUT2D eigenvalue weighted by molar-refractivity contribution is 0.0977. The molecule has 0 fully saturated rings. The fourth-order valence-corrected chi connectivity index (χ4v) is 3.88. The lowest BCUT2D eigenvalue weighted by Gasteiger charge is -2.11. The summed E-state index contributed by atoms with van der Waals surface area (Å²) in [5, 5.41) is 9.18. The molecule has 0 aliphatic heterocycles. The first-order chi connectivity index (χ1) is 14.6. The van der Waals surface area contributed by atoms with Crippen molar-refractivity contribution in [2.24, 2.45) is 0 Å². The van der Waals surface area contributed by atoms with Crippen LogP contribution in [0.3, 0.4) is 0 Å². The van der Waals surface area contributed by atoms with Crippen molar-refractivity contribution in [1.29, 1.82) is 0 Å². The summed E-state index contributed by atoms with van der Waals surface area (Å²) in [5.41, 5.74) is 2.15. The van der Waals surface area contributed by atoms with Gasteiger partial charge in [-0.1, -0.05) is 31.1 Å². The number of nitrogens with zero attached hydrogens (tertiary/aromatic N) is 1. The van der Waals surface area contributed by atoms with Gasteiger partial charge in [0.05, 0.1) is 4.90 Å². The van der Waals surface area contributed by atoms with Gasteiger partial charge in [0.15, 0.2) is 10.9 Å². The Morgan fingerprint density at radius 1 is 1.06 bits per heavy atom. The quantitative estimate of drug-likeness (QED) is 0.478. The highest BCUT2D eigenvalue weighted by atomic mass is 32.2. The topological polar surface area (TPSA) is 113 Å². The number of rotatable bonds is 6. The number of carbonyl (C=O) groups is 1. The average molecular weight is 459 g/mol. The average Bonchev–Trinajstić information content (AvgIpc) is 3.12. The zero-order valence-electron chi connectivity index (χ0n) is 17.2. The molecule has 0 aliphatic rings. The fourth-order valence-electron chi connectivity index (χ4n) is 2.69. The number of amides is 1. The monoisotopic (exact) mass is 458 g/mol. The van der Waals surface area contributed by atoms with E-state index in [1.807, 2.05) is 12.1 Å². The molecular weight excluding hydrogens is 436 g/mol. The first kappa shape index (κ1) is 22.4. The van der Waals surface area contributed by atoms with Gasteiger partial charge < -0.3 is 9.84 Å². The largest absolute Gasteiger partial charge is 0.360 e. The van der Waals surface area contributed by atoms with Gasteiger partial charge in [0.1, 0.15) is 5.76 Å². The molecule has 3 N–H and O–H groups in total. The molecule has 0 bridgehead atoms. The van der Waals surface area contributed by atoms with Crippen molar-refractivity contribution in [3.05, 3.63) is 71.5 Å². The molecule has 0 saturated heterocycles. The second-order valence-corrected chi connectivity index (χ2v) is 9.23. The summed E-state index contributed by atoms with van der Waals surface area (Å²) in [6.07, 6.45) is 0. The Hall–Kier alpha value is -3.24. The van der Waals surface area contributed by atoms with Gasteiger partial charge in [0.25, 0.3) is 15.9 Å². The number of aryl methyl sites for hydroxylation is 1. The Morgan fingerprint density at radius 3 is 2.26 bits per heavy atom. The molecule has 1 aromatic heterocycles. The van der Waals surface area contributed by atoms with E-state index in [0.717, 1.165) is 5.56 Å². The Bertz CT molecular complexity index is 1180. The lowest BCUT2D eigenvalue weighted by atomic mass is 10.0. The minimum Gasteiger partial charge on any atom is -0.360 e. The van der Waals surface area contributed by atoms with Crippen molar-refractivity contribution in [2.45, 2.75) is 31.6 Å². The number of nitrogens with one attached hydrogen (secondary N) is 3. The Kier molecular flexibility index (Phi) is 6.71. The molecule has 31 heavy (non-hydrogen) atoms. The summed E-state index contributed by atoms with van der Waals surface area (Å²) < 4.78 is 32.0. The molecule has 1 heterocycles. The van der Waals surface area contributed by atoms with E-state index in [4.69, 9.17) is 16.7 Å². The summed E-state index contributed by atoms with van der Waals surface area (Å²) in [7, 11) is -3.81. The Balaban J connectivity index is 1.60. The van der Waals surface area contributed by atoms with E-state index in [-0.39, 0.29) is 21.7 Å². The number of thiocarbonyl (C=S) groups is 1. The third-order valence-electron chi connectivity index (χ3n) is 4.36. The molecule has 0 aliphatic carbocycles. The molecule has 162 valence electrons. The van der Waals surface area contributed by atoms with E-state index in [9.17, 15) is 13.2 Å². The van der Waals surface area contributed by atoms with Crippen LogP contribution in [0.2, 0.25) is 0 Å². The first-order valence-corrected chi connectivity index (χ1v) is 11.3. The Morgan fingerprint density at radius 2 is 1.71 bits per heavy atom. The standard InChI is InChI=1S/C21H22N4O4S2/c1-13(2)15-4-6-16(7-5-15)20(26)23-21(30)22-17-8-10-18(11-9-17)31(27,28)25-19-12-14(3)29-24-19/h4-13H,1-3H3,(H,24,25)(H2,22,23,26,30). The van der Waals surface area contributed by atoms with Crippen LogP contribution in [-0.4, -0.2) is 24.6 Å². The maximum absolute atomic E-state index is 12.4. The highest BCUT2D eigenvalue weighted by Gasteiger charge is 2.16. The van der Waals surface area contributed by atoms with Gasteiger partial charge >= 0.3 is 0 Å². The number of aromatic nitrogens is 1. The summed E-state index contributed by atoms with van der Waals surface area (Å²) in [6, 6.07) is 14.7. The van der Waals surface area contributed by atoms with Gasteiger partial charge in [-0.05, 0) is 67.0 Å². The highest BCUT2D eigenvalue weighted by molar-refractivity contribution is 7.92. The molecule has 0 unspecified atom stereocenters. The molecule has 8 nitrogen and oxygen atoms in total. The summed E-state index contributed by atoms with van der Waals surface area (Å²) >= 11 is 5.18. The highest BCUT2D eigenvalue weighted by Crippen LogP contribution is 2.18. The number of hydrogen-bond donors (Lipinski definition) is 3. The van der Waals surface area contributed by atoms with Crippen molar-refractivity contribution in [3.8, 4) is 0 Å². The van der Waals surface area contributed by atoms with Gasteiger partial charge in [-0.2, -0.15) is 0 Å². The summed E-state index contributed by atoms with van der Waals surface area (Å²) in [4.78, 5) is 12.4. The molecule has 1 amide bonds. The van der Waals surface area contributed by atoms with Crippen LogP contribution in [0.15, 0.2) is 64.0 Å². The number of sulfonamides is 1. The summed E-state index contributed by atoms with van der Waals surface area (Å²) in [6.45, 7) is 5.82. The van der Waals surface area contributed by atoms with Crippen molar-refractivity contribution in [1.82, 2.24) is 10.5 Å². The van der Waals surface area contributed by atoms with Crippen LogP contribution in [0, 0.1) is 6.92 Å². The first-order valence-electron chi connectivity index (χ1n) is 9.42. The maximum Gasteiger partial charge on any atom is 0.263 e. The molecule has 3 aromatic rings. The lowest BCUT2D eigenvalue weighted by Crippen LogP contribution is -2.34. The van der Waals surface area contributed by atoms with Crippen molar-refractivity contribution in [2.75, 3.05) is 10.0 Å². The summed E-state index contributed by atoms with van der Waals surface area (Å²) in [5.74, 6) is 0.634.